The number of hydrogen-bond donors (Lipinski definition) is 1. The lowest BCUT2D eigenvalue weighted by Gasteiger charge is -2.15. The summed E-state index contributed by atoms with van der Waals surface area (Å²) in [6.07, 6.45) is 21.2. The van der Waals surface area contributed by atoms with Crippen LogP contribution in [-0.4, -0.2) is 23.8 Å². The minimum absolute atomic E-state index is 0.0247. The van der Waals surface area contributed by atoms with Crippen LogP contribution in [0.2, 0.25) is 0 Å². The molecule has 0 aromatic heterocycles. The molecule has 0 spiro atoms. The highest BCUT2D eigenvalue weighted by molar-refractivity contribution is 5.74. The van der Waals surface area contributed by atoms with Gasteiger partial charge in [-0.2, -0.15) is 0 Å². The highest BCUT2D eigenvalue weighted by atomic mass is 16.5. The zero-order valence-electron chi connectivity index (χ0n) is 18.6. The van der Waals surface area contributed by atoms with Gasteiger partial charge in [-0.25, -0.2) is 4.79 Å². The lowest BCUT2D eigenvalue weighted by molar-refractivity contribution is -0.156. The second-order valence-corrected chi connectivity index (χ2v) is 8.30. The Morgan fingerprint density at radius 3 is 1.44 bits per heavy atom. The number of rotatable bonds is 20. The molecule has 3 heteroatoms. The molecule has 0 saturated carbocycles. The summed E-state index contributed by atoms with van der Waals surface area (Å²) in [5, 5.41) is 9.75. The average molecular weight is 385 g/mol. The lowest BCUT2D eigenvalue weighted by atomic mass is 10.0. The predicted octanol–water partition coefficient (Wildman–Crippen LogP) is 7.20. The van der Waals surface area contributed by atoms with E-state index in [4.69, 9.17) is 4.74 Å². The van der Waals surface area contributed by atoms with Crippen LogP contribution in [-0.2, 0) is 9.53 Å². The van der Waals surface area contributed by atoms with E-state index in [1.54, 1.807) is 0 Å². The molecule has 0 aliphatic heterocycles. The van der Waals surface area contributed by atoms with Gasteiger partial charge in [-0.3, -0.25) is 0 Å². The Kier molecular flexibility index (Phi) is 19.7. The molecule has 0 heterocycles. The molecule has 0 rings (SSSR count). The summed E-state index contributed by atoms with van der Waals surface area (Å²) in [6.45, 7) is 6.57. The van der Waals surface area contributed by atoms with Gasteiger partial charge in [0.15, 0.2) is 6.10 Å². The summed E-state index contributed by atoms with van der Waals surface area (Å²) in [4.78, 5) is 11.6. The van der Waals surface area contributed by atoms with Crippen molar-refractivity contribution in [3.63, 3.8) is 0 Å². The monoisotopic (exact) mass is 384 g/mol. The molecule has 0 aliphatic carbocycles. The molecular weight excluding hydrogens is 336 g/mol. The van der Waals surface area contributed by atoms with Crippen LogP contribution in [0.4, 0.5) is 0 Å². The Morgan fingerprint density at radius 1 is 0.704 bits per heavy atom. The first-order valence-electron chi connectivity index (χ1n) is 12.0. The maximum atomic E-state index is 11.6. The maximum absolute atomic E-state index is 11.6. The van der Waals surface area contributed by atoms with Crippen LogP contribution in [0.25, 0.3) is 0 Å². The molecule has 0 saturated heterocycles. The van der Waals surface area contributed by atoms with E-state index >= 15 is 0 Å². The number of hydrogen-bond acceptors (Lipinski definition) is 3. The van der Waals surface area contributed by atoms with E-state index in [2.05, 4.69) is 6.92 Å². The fraction of sp³-hybridized carbons (Fsp3) is 0.958. The lowest BCUT2D eigenvalue weighted by Crippen LogP contribution is -2.29. The first kappa shape index (κ1) is 26.4. The SMILES string of the molecule is CCCCCCCCCCCCCCCCCCOC(=O)C(O)C(C)CC. The topological polar surface area (TPSA) is 46.5 Å². The standard InChI is InChI=1S/C24H48O3/c1-4-6-7-8-9-10-11-12-13-14-15-16-17-18-19-20-21-27-24(26)23(25)22(3)5-2/h22-23,25H,4-21H2,1-3H3. The van der Waals surface area contributed by atoms with Crippen LogP contribution in [0.5, 0.6) is 0 Å². The molecule has 0 aromatic carbocycles. The van der Waals surface area contributed by atoms with Gasteiger partial charge in [0, 0.05) is 0 Å². The fourth-order valence-electron chi connectivity index (χ4n) is 3.36. The van der Waals surface area contributed by atoms with Crippen LogP contribution in [0.3, 0.4) is 0 Å². The number of ether oxygens (including phenoxy) is 1. The molecule has 27 heavy (non-hydrogen) atoms. The van der Waals surface area contributed by atoms with Crippen molar-refractivity contribution in [3.8, 4) is 0 Å². The van der Waals surface area contributed by atoms with Crippen molar-refractivity contribution in [2.24, 2.45) is 5.92 Å². The molecule has 0 aromatic rings. The third kappa shape index (κ3) is 17.3. The molecule has 1 N–H and O–H groups in total. The molecule has 0 amide bonds. The van der Waals surface area contributed by atoms with Crippen LogP contribution >= 0.6 is 0 Å². The number of unbranched alkanes of at least 4 members (excludes halogenated alkanes) is 15. The molecule has 162 valence electrons. The van der Waals surface area contributed by atoms with E-state index in [1.165, 1.54) is 89.9 Å². The first-order valence-corrected chi connectivity index (χ1v) is 12.0. The number of esters is 1. The van der Waals surface area contributed by atoms with Gasteiger partial charge in [0.05, 0.1) is 6.61 Å². The quantitative estimate of drug-likeness (QED) is 0.178. The van der Waals surface area contributed by atoms with Crippen molar-refractivity contribution < 1.29 is 14.6 Å². The van der Waals surface area contributed by atoms with Crippen molar-refractivity contribution in [1.29, 1.82) is 0 Å². The van der Waals surface area contributed by atoms with Crippen molar-refractivity contribution >= 4 is 5.97 Å². The maximum Gasteiger partial charge on any atom is 0.335 e. The first-order chi connectivity index (χ1) is 13.1. The second kappa shape index (κ2) is 20.2. The molecule has 2 atom stereocenters. The minimum Gasteiger partial charge on any atom is -0.464 e. The molecular formula is C24H48O3. The number of aliphatic hydroxyl groups is 1. The van der Waals surface area contributed by atoms with Gasteiger partial charge < -0.3 is 9.84 Å². The van der Waals surface area contributed by atoms with Crippen molar-refractivity contribution in [1.82, 2.24) is 0 Å². The van der Waals surface area contributed by atoms with Gasteiger partial charge in [-0.15, -0.1) is 0 Å². The Hall–Kier alpha value is -0.570. The molecule has 2 unspecified atom stereocenters. The normalized spacial score (nSPS) is 13.5. The molecule has 0 bridgehead atoms. The highest BCUT2D eigenvalue weighted by Gasteiger charge is 2.22. The van der Waals surface area contributed by atoms with Crippen LogP contribution in [0.15, 0.2) is 0 Å². The number of aliphatic hydroxyl groups excluding tert-OH is 1. The van der Waals surface area contributed by atoms with Gasteiger partial charge in [-0.05, 0) is 12.3 Å². The summed E-state index contributed by atoms with van der Waals surface area (Å²) < 4.78 is 5.16. The van der Waals surface area contributed by atoms with Crippen LogP contribution in [0.1, 0.15) is 130 Å². The fourth-order valence-corrected chi connectivity index (χ4v) is 3.36. The van der Waals surface area contributed by atoms with Gasteiger partial charge in [0.1, 0.15) is 0 Å². The smallest absolute Gasteiger partial charge is 0.335 e. The Labute approximate surface area is 169 Å². The summed E-state index contributed by atoms with van der Waals surface area (Å²) in [7, 11) is 0. The van der Waals surface area contributed by atoms with Crippen LogP contribution in [0, 0.1) is 5.92 Å². The van der Waals surface area contributed by atoms with Gasteiger partial charge >= 0.3 is 5.97 Å². The Morgan fingerprint density at radius 2 is 1.07 bits per heavy atom. The summed E-state index contributed by atoms with van der Waals surface area (Å²) in [6, 6.07) is 0. The van der Waals surface area contributed by atoms with Crippen LogP contribution < -0.4 is 0 Å². The molecule has 0 aliphatic rings. The van der Waals surface area contributed by atoms with E-state index in [1.807, 2.05) is 13.8 Å². The van der Waals surface area contributed by atoms with Crippen molar-refractivity contribution in [2.45, 2.75) is 136 Å². The van der Waals surface area contributed by atoms with Crippen molar-refractivity contribution in [2.75, 3.05) is 6.61 Å². The van der Waals surface area contributed by atoms with E-state index in [0.29, 0.717) is 6.61 Å². The largest absolute Gasteiger partial charge is 0.464 e. The number of carbonyl (C=O) groups excluding carboxylic acids is 1. The number of carbonyl (C=O) groups is 1. The Bertz CT molecular complexity index is 317. The van der Waals surface area contributed by atoms with Gasteiger partial charge in [0.2, 0.25) is 0 Å². The predicted molar refractivity (Wildman–Crippen MR) is 116 cm³/mol. The van der Waals surface area contributed by atoms with Gasteiger partial charge in [0.25, 0.3) is 0 Å². The second-order valence-electron chi connectivity index (χ2n) is 8.30. The third-order valence-corrected chi connectivity index (χ3v) is 5.67. The zero-order valence-corrected chi connectivity index (χ0v) is 18.6. The summed E-state index contributed by atoms with van der Waals surface area (Å²) in [5.74, 6) is -0.478. The molecule has 0 radical (unpaired) electrons. The molecule has 0 fully saturated rings. The van der Waals surface area contributed by atoms with E-state index in [9.17, 15) is 9.90 Å². The van der Waals surface area contributed by atoms with Gasteiger partial charge in [-0.1, -0.05) is 124 Å². The Balaban J connectivity index is 3.20. The van der Waals surface area contributed by atoms with E-state index in [-0.39, 0.29) is 5.92 Å². The minimum atomic E-state index is -0.962. The summed E-state index contributed by atoms with van der Waals surface area (Å²) >= 11 is 0. The highest BCUT2D eigenvalue weighted by Crippen LogP contribution is 2.14. The average Bonchev–Trinajstić information content (AvgIpc) is 2.68. The third-order valence-electron chi connectivity index (χ3n) is 5.67. The molecule has 3 nitrogen and oxygen atoms in total. The van der Waals surface area contributed by atoms with E-state index in [0.717, 1.165) is 19.3 Å². The van der Waals surface area contributed by atoms with E-state index < -0.39 is 12.1 Å². The summed E-state index contributed by atoms with van der Waals surface area (Å²) in [5.41, 5.74) is 0. The van der Waals surface area contributed by atoms with Crippen molar-refractivity contribution in [3.05, 3.63) is 0 Å². The zero-order chi connectivity index (χ0) is 20.2.